The molecule has 1 heterocycles. The fourth-order valence-electron chi connectivity index (χ4n) is 2.22. The lowest BCUT2D eigenvalue weighted by Crippen LogP contribution is -2.31. The van der Waals surface area contributed by atoms with E-state index in [1.54, 1.807) is 0 Å². The zero-order chi connectivity index (χ0) is 10.0. The molecule has 14 heavy (non-hydrogen) atoms. The van der Waals surface area contributed by atoms with Gasteiger partial charge in [-0.05, 0) is 12.8 Å². The van der Waals surface area contributed by atoms with Crippen molar-refractivity contribution in [2.45, 2.75) is 49.1 Å². The van der Waals surface area contributed by atoms with Crippen molar-refractivity contribution in [2.75, 3.05) is 6.54 Å². The third kappa shape index (κ3) is 1.82. The number of rotatable bonds is 2. The van der Waals surface area contributed by atoms with Gasteiger partial charge in [0.15, 0.2) is 15.2 Å². The van der Waals surface area contributed by atoms with Crippen molar-refractivity contribution in [3.63, 3.8) is 0 Å². The van der Waals surface area contributed by atoms with E-state index in [1.807, 2.05) is 0 Å². The van der Waals surface area contributed by atoms with Crippen LogP contribution >= 0.6 is 0 Å². The topological polar surface area (TPSA) is 58.9 Å². The maximum absolute atomic E-state index is 12.0. The molecule has 0 aromatic rings. The Morgan fingerprint density at radius 3 is 2.29 bits per heavy atom. The van der Waals surface area contributed by atoms with Gasteiger partial charge in [0, 0.05) is 6.42 Å². The van der Waals surface area contributed by atoms with Crippen molar-refractivity contribution in [1.29, 1.82) is 0 Å². The van der Waals surface area contributed by atoms with Crippen LogP contribution in [0.3, 0.4) is 0 Å². The van der Waals surface area contributed by atoms with Crippen LogP contribution in [0.5, 0.6) is 0 Å². The van der Waals surface area contributed by atoms with Crippen molar-refractivity contribution in [2.24, 2.45) is 10.2 Å². The summed E-state index contributed by atoms with van der Waals surface area (Å²) < 4.78 is 24.1. The van der Waals surface area contributed by atoms with Crippen LogP contribution in [0.1, 0.15) is 38.5 Å². The second kappa shape index (κ2) is 3.96. The third-order valence-corrected chi connectivity index (χ3v) is 5.57. The average Bonchev–Trinajstić information content (AvgIpc) is 2.72. The Morgan fingerprint density at radius 1 is 1.00 bits per heavy atom. The molecule has 1 saturated carbocycles. The SMILES string of the molecule is O=S(=O)(C1CCCCC1)C1CCN=N1. The van der Waals surface area contributed by atoms with E-state index in [1.165, 1.54) is 6.42 Å². The molecule has 1 fully saturated rings. The lowest BCUT2D eigenvalue weighted by atomic mass is 10.0. The summed E-state index contributed by atoms with van der Waals surface area (Å²) in [4.78, 5) is 0. The first-order valence-electron chi connectivity index (χ1n) is 5.30. The van der Waals surface area contributed by atoms with Gasteiger partial charge in [-0.15, -0.1) is 0 Å². The van der Waals surface area contributed by atoms with E-state index >= 15 is 0 Å². The number of nitrogens with zero attached hydrogens (tertiary/aromatic N) is 2. The highest BCUT2D eigenvalue weighted by Crippen LogP contribution is 2.29. The molecule has 0 amide bonds. The molecule has 0 radical (unpaired) electrons. The van der Waals surface area contributed by atoms with Gasteiger partial charge in [0.2, 0.25) is 0 Å². The van der Waals surface area contributed by atoms with Crippen molar-refractivity contribution in [1.82, 2.24) is 0 Å². The van der Waals surface area contributed by atoms with Crippen LogP contribution in [0, 0.1) is 0 Å². The van der Waals surface area contributed by atoms with E-state index in [-0.39, 0.29) is 5.25 Å². The first kappa shape index (κ1) is 10.1. The fraction of sp³-hybridized carbons (Fsp3) is 1.00. The normalized spacial score (nSPS) is 29.6. The van der Waals surface area contributed by atoms with Gasteiger partial charge in [-0.25, -0.2) is 8.42 Å². The van der Waals surface area contributed by atoms with Gasteiger partial charge in [-0.1, -0.05) is 19.3 Å². The van der Waals surface area contributed by atoms with Crippen LogP contribution in [0.4, 0.5) is 0 Å². The van der Waals surface area contributed by atoms with Crippen molar-refractivity contribution in [3.05, 3.63) is 0 Å². The summed E-state index contributed by atoms with van der Waals surface area (Å²) >= 11 is 0. The number of hydrogen-bond acceptors (Lipinski definition) is 4. The summed E-state index contributed by atoms with van der Waals surface area (Å²) in [5, 5.41) is 6.93. The quantitative estimate of drug-likeness (QED) is 0.708. The third-order valence-electron chi connectivity index (χ3n) is 3.08. The van der Waals surface area contributed by atoms with Crippen LogP contribution < -0.4 is 0 Å². The van der Waals surface area contributed by atoms with Gasteiger partial charge in [-0.2, -0.15) is 10.2 Å². The molecular formula is C9H16N2O2S. The van der Waals surface area contributed by atoms with Gasteiger partial charge >= 0.3 is 0 Å². The highest BCUT2D eigenvalue weighted by Gasteiger charge is 2.36. The van der Waals surface area contributed by atoms with E-state index in [9.17, 15) is 8.42 Å². The first-order valence-corrected chi connectivity index (χ1v) is 6.91. The molecule has 1 atom stereocenters. The molecule has 0 aromatic heterocycles. The molecule has 2 rings (SSSR count). The fourth-order valence-corrected chi connectivity index (χ4v) is 4.29. The smallest absolute Gasteiger partial charge is 0.177 e. The highest BCUT2D eigenvalue weighted by molar-refractivity contribution is 7.92. The molecule has 4 nitrogen and oxygen atoms in total. The Kier molecular flexibility index (Phi) is 2.85. The highest BCUT2D eigenvalue weighted by atomic mass is 32.2. The summed E-state index contributed by atoms with van der Waals surface area (Å²) in [5.41, 5.74) is 0. The zero-order valence-corrected chi connectivity index (χ0v) is 9.04. The number of azo groups is 1. The molecule has 0 saturated heterocycles. The predicted molar refractivity (Wildman–Crippen MR) is 53.9 cm³/mol. The summed E-state index contributed by atoms with van der Waals surface area (Å²) in [5.74, 6) is 0. The lowest BCUT2D eigenvalue weighted by Gasteiger charge is -2.23. The Balaban J connectivity index is 2.10. The van der Waals surface area contributed by atoms with Crippen LogP contribution in [0.2, 0.25) is 0 Å². The van der Waals surface area contributed by atoms with Gasteiger partial charge in [0.25, 0.3) is 0 Å². The van der Waals surface area contributed by atoms with E-state index in [2.05, 4.69) is 10.2 Å². The first-order chi connectivity index (χ1) is 6.71. The molecule has 0 spiro atoms. The standard InChI is InChI=1S/C9H16N2O2S/c12-14(13,9-6-7-10-11-9)8-4-2-1-3-5-8/h8-9H,1-7H2. The second-order valence-electron chi connectivity index (χ2n) is 4.07. The van der Waals surface area contributed by atoms with Crippen LogP contribution in [-0.2, 0) is 9.84 Å². The molecule has 0 aromatic carbocycles. The monoisotopic (exact) mass is 216 g/mol. The van der Waals surface area contributed by atoms with Gasteiger partial charge in [-0.3, -0.25) is 0 Å². The Morgan fingerprint density at radius 2 is 1.71 bits per heavy atom. The number of sulfone groups is 1. The molecule has 1 aliphatic heterocycles. The second-order valence-corrected chi connectivity index (χ2v) is 6.46. The van der Waals surface area contributed by atoms with E-state index in [4.69, 9.17) is 0 Å². The molecule has 80 valence electrons. The van der Waals surface area contributed by atoms with E-state index in [0.29, 0.717) is 13.0 Å². The summed E-state index contributed by atoms with van der Waals surface area (Å²) in [6.45, 7) is 0.580. The average molecular weight is 216 g/mol. The van der Waals surface area contributed by atoms with Crippen molar-refractivity contribution in [3.8, 4) is 0 Å². The molecule has 0 N–H and O–H groups in total. The van der Waals surface area contributed by atoms with Crippen LogP contribution in [-0.4, -0.2) is 25.6 Å². The van der Waals surface area contributed by atoms with Crippen molar-refractivity contribution < 1.29 is 8.42 Å². The summed E-state index contributed by atoms with van der Waals surface area (Å²) in [6.07, 6.45) is 5.53. The molecule has 1 unspecified atom stereocenters. The largest absolute Gasteiger partial charge is 0.226 e. The molecule has 2 aliphatic rings. The Hall–Kier alpha value is -0.450. The van der Waals surface area contributed by atoms with Gasteiger partial charge in [0.1, 0.15) is 0 Å². The molecular weight excluding hydrogens is 200 g/mol. The van der Waals surface area contributed by atoms with Gasteiger partial charge in [0.05, 0.1) is 11.8 Å². The van der Waals surface area contributed by atoms with E-state index < -0.39 is 15.2 Å². The number of hydrogen-bond donors (Lipinski definition) is 0. The van der Waals surface area contributed by atoms with Gasteiger partial charge < -0.3 is 0 Å². The summed E-state index contributed by atoms with van der Waals surface area (Å²) in [6, 6.07) is 0. The van der Waals surface area contributed by atoms with Crippen LogP contribution in [0.15, 0.2) is 10.2 Å². The minimum absolute atomic E-state index is 0.140. The Bertz CT molecular complexity index is 318. The minimum Gasteiger partial charge on any atom is -0.226 e. The van der Waals surface area contributed by atoms with Crippen LogP contribution in [0.25, 0.3) is 0 Å². The van der Waals surface area contributed by atoms with Crippen molar-refractivity contribution >= 4 is 9.84 Å². The molecule has 1 aliphatic carbocycles. The maximum atomic E-state index is 12.0. The zero-order valence-electron chi connectivity index (χ0n) is 8.22. The van der Waals surface area contributed by atoms with E-state index in [0.717, 1.165) is 25.7 Å². The molecule has 5 heteroatoms. The Labute approximate surface area is 84.7 Å². The molecule has 0 bridgehead atoms. The summed E-state index contributed by atoms with van der Waals surface area (Å²) in [7, 11) is -3.02. The predicted octanol–water partition coefficient (Wildman–Crippen LogP) is 1.92. The minimum atomic E-state index is -3.02. The lowest BCUT2D eigenvalue weighted by molar-refractivity contribution is 0.478. The maximum Gasteiger partial charge on any atom is 0.177 e.